The summed E-state index contributed by atoms with van der Waals surface area (Å²) >= 11 is 0. The van der Waals surface area contributed by atoms with Crippen molar-refractivity contribution < 1.29 is 9.90 Å². The van der Waals surface area contributed by atoms with Gasteiger partial charge in [0.15, 0.2) is 0 Å². The fraction of sp³-hybridized carbons (Fsp3) is 0.588. The topological polar surface area (TPSA) is 52.6 Å². The van der Waals surface area contributed by atoms with Gasteiger partial charge in [-0.05, 0) is 55.3 Å². The molecule has 1 saturated heterocycles. The molecule has 1 aliphatic carbocycles. The first-order chi connectivity index (χ1) is 10.2. The van der Waals surface area contributed by atoms with Crippen molar-refractivity contribution in [3.63, 3.8) is 0 Å². The minimum atomic E-state index is 0.226. The van der Waals surface area contributed by atoms with Crippen molar-refractivity contribution in [1.82, 2.24) is 10.2 Å². The third-order valence-electron chi connectivity index (χ3n) is 4.45. The summed E-state index contributed by atoms with van der Waals surface area (Å²) < 4.78 is 0. The number of likely N-dealkylation sites (tertiary alicyclic amines) is 1. The second-order valence-electron chi connectivity index (χ2n) is 6.51. The molecule has 1 heterocycles. The van der Waals surface area contributed by atoms with Gasteiger partial charge >= 0.3 is 0 Å². The number of hydrogen-bond donors (Lipinski definition) is 2. The normalized spacial score (nSPS) is 22.4. The number of hydrogen-bond acceptors (Lipinski definition) is 3. The molecular formula is C17H24N2O2. The molecule has 21 heavy (non-hydrogen) atoms. The number of carbonyl (C=O) groups excluding carboxylic acids is 1. The molecule has 0 spiro atoms. The molecule has 1 aliphatic heterocycles. The molecule has 1 aromatic carbocycles. The van der Waals surface area contributed by atoms with E-state index >= 15 is 0 Å². The van der Waals surface area contributed by atoms with Crippen molar-refractivity contribution in [2.45, 2.75) is 32.2 Å². The number of phenols is 1. The maximum absolute atomic E-state index is 11.7. The first kappa shape index (κ1) is 14.4. The number of carbonyl (C=O) groups is 1. The summed E-state index contributed by atoms with van der Waals surface area (Å²) in [6.07, 6.45) is 4.32. The van der Waals surface area contributed by atoms with Crippen LogP contribution in [0.2, 0.25) is 0 Å². The zero-order valence-electron chi connectivity index (χ0n) is 12.4. The molecule has 0 unspecified atom stereocenters. The summed E-state index contributed by atoms with van der Waals surface area (Å²) in [4.78, 5) is 14.1. The van der Waals surface area contributed by atoms with E-state index in [2.05, 4.69) is 10.2 Å². The van der Waals surface area contributed by atoms with Crippen molar-refractivity contribution in [1.29, 1.82) is 0 Å². The summed E-state index contributed by atoms with van der Waals surface area (Å²) in [5, 5.41) is 12.6. The van der Waals surface area contributed by atoms with Gasteiger partial charge in [0.05, 0.1) is 0 Å². The summed E-state index contributed by atoms with van der Waals surface area (Å²) in [5.74, 6) is 1.78. The van der Waals surface area contributed by atoms with Crippen molar-refractivity contribution in [3.8, 4) is 5.75 Å². The Morgan fingerprint density at radius 1 is 1.29 bits per heavy atom. The quantitative estimate of drug-likeness (QED) is 0.843. The highest BCUT2D eigenvalue weighted by atomic mass is 16.3. The molecule has 4 nitrogen and oxygen atoms in total. The summed E-state index contributed by atoms with van der Waals surface area (Å²) in [7, 11) is 0. The lowest BCUT2D eigenvalue weighted by molar-refractivity contribution is -0.121. The van der Waals surface area contributed by atoms with Gasteiger partial charge in [0, 0.05) is 26.1 Å². The fourth-order valence-electron chi connectivity index (χ4n) is 3.05. The van der Waals surface area contributed by atoms with Crippen molar-refractivity contribution in [2.75, 3.05) is 19.6 Å². The summed E-state index contributed by atoms with van der Waals surface area (Å²) in [6, 6.07) is 7.46. The zero-order valence-corrected chi connectivity index (χ0v) is 12.4. The largest absolute Gasteiger partial charge is 0.508 e. The summed E-state index contributed by atoms with van der Waals surface area (Å²) in [5.41, 5.74) is 1.15. The van der Waals surface area contributed by atoms with E-state index in [-0.39, 0.29) is 5.91 Å². The predicted octanol–water partition coefficient (Wildman–Crippen LogP) is 2.13. The van der Waals surface area contributed by atoms with Crippen LogP contribution in [-0.2, 0) is 11.3 Å². The highest BCUT2D eigenvalue weighted by Crippen LogP contribution is 2.32. The van der Waals surface area contributed by atoms with Gasteiger partial charge in [0.1, 0.15) is 5.75 Å². The minimum absolute atomic E-state index is 0.226. The molecule has 4 heteroatoms. The SMILES string of the molecule is O=C(CC1CC1)NC[C@@H]1CCN(Cc2cccc(O)c2)C1. The van der Waals surface area contributed by atoms with E-state index in [9.17, 15) is 9.90 Å². The van der Waals surface area contributed by atoms with Gasteiger partial charge in [0.25, 0.3) is 0 Å². The number of aromatic hydroxyl groups is 1. The average Bonchev–Trinajstić information content (AvgIpc) is 3.14. The van der Waals surface area contributed by atoms with Gasteiger partial charge in [0.2, 0.25) is 5.91 Å². The standard InChI is InChI=1S/C17H24N2O2/c20-16-3-1-2-14(8-16)11-19-7-6-15(12-19)10-18-17(21)9-13-4-5-13/h1-3,8,13,15,20H,4-7,9-12H2,(H,18,21)/t15-/m0/s1. The van der Waals surface area contributed by atoms with Gasteiger partial charge in [-0.15, -0.1) is 0 Å². The molecule has 2 fully saturated rings. The van der Waals surface area contributed by atoms with E-state index in [1.807, 2.05) is 18.2 Å². The average molecular weight is 288 g/mol. The van der Waals surface area contributed by atoms with Gasteiger partial charge in [-0.25, -0.2) is 0 Å². The Morgan fingerprint density at radius 3 is 2.90 bits per heavy atom. The molecule has 2 N–H and O–H groups in total. The lowest BCUT2D eigenvalue weighted by atomic mass is 10.1. The van der Waals surface area contributed by atoms with Gasteiger partial charge in [-0.2, -0.15) is 0 Å². The molecule has 1 saturated carbocycles. The lowest BCUT2D eigenvalue weighted by Crippen LogP contribution is -2.31. The third kappa shape index (κ3) is 4.46. The number of phenolic OH excluding ortho intramolecular Hbond substituents is 1. The fourth-order valence-corrected chi connectivity index (χ4v) is 3.05. The monoisotopic (exact) mass is 288 g/mol. The maximum Gasteiger partial charge on any atom is 0.220 e. The Hall–Kier alpha value is -1.55. The number of benzene rings is 1. The lowest BCUT2D eigenvalue weighted by Gasteiger charge is -2.16. The molecule has 114 valence electrons. The van der Waals surface area contributed by atoms with Crippen LogP contribution < -0.4 is 5.32 Å². The first-order valence-corrected chi connectivity index (χ1v) is 7.96. The van der Waals surface area contributed by atoms with E-state index in [0.29, 0.717) is 17.6 Å². The van der Waals surface area contributed by atoms with E-state index in [1.54, 1.807) is 6.07 Å². The van der Waals surface area contributed by atoms with Crippen molar-refractivity contribution in [3.05, 3.63) is 29.8 Å². The number of nitrogens with one attached hydrogen (secondary N) is 1. The predicted molar refractivity (Wildman–Crippen MR) is 81.8 cm³/mol. The second-order valence-corrected chi connectivity index (χ2v) is 6.51. The first-order valence-electron chi connectivity index (χ1n) is 7.96. The number of rotatable bonds is 6. The number of amides is 1. The van der Waals surface area contributed by atoms with Crippen LogP contribution in [0.3, 0.4) is 0 Å². The van der Waals surface area contributed by atoms with E-state index in [4.69, 9.17) is 0 Å². The Labute approximate surface area is 126 Å². The zero-order chi connectivity index (χ0) is 14.7. The minimum Gasteiger partial charge on any atom is -0.508 e. The molecule has 2 aliphatic rings. The molecule has 3 rings (SSSR count). The molecule has 0 aromatic heterocycles. The smallest absolute Gasteiger partial charge is 0.220 e. The molecule has 1 atom stereocenters. The molecule has 1 amide bonds. The van der Waals surface area contributed by atoms with Gasteiger partial charge in [-0.1, -0.05) is 12.1 Å². The Bertz CT molecular complexity index is 499. The second kappa shape index (κ2) is 6.48. The van der Waals surface area contributed by atoms with E-state index in [0.717, 1.165) is 44.6 Å². The van der Waals surface area contributed by atoms with Crippen molar-refractivity contribution in [2.24, 2.45) is 11.8 Å². The molecular weight excluding hydrogens is 264 g/mol. The maximum atomic E-state index is 11.7. The Kier molecular flexibility index (Phi) is 4.44. The van der Waals surface area contributed by atoms with E-state index in [1.165, 1.54) is 12.8 Å². The van der Waals surface area contributed by atoms with Gasteiger partial charge in [-0.3, -0.25) is 9.69 Å². The Balaban J connectivity index is 1.39. The van der Waals surface area contributed by atoms with Crippen LogP contribution in [0.5, 0.6) is 5.75 Å². The number of nitrogens with zero attached hydrogens (tertiary/aromatic N) is 1. The third-order valence-corrected chi connectivity index (χ3v) is 4.45. The van der Waals surface area contributed by atoms with Crippen LogP contribution in [-0.4, -0.2) is 35.5 Å². The molecule has 1 aromatic rings. The Morgan fingerprint density at radius 2 is 2.14 bits per heavy atom. The van der Waals surface area contributed by atoms with Gasteiger partial charge < -0.3 is 10.4 Å². The van der Waals surface area contributed by atoms with Crippen LogP contribution in [0.15, 0.2) is 24.3 Å². The van der Waals surface area contributed by atoms with Crippen LogP contribution in [0.25, 0.3) is 0 Å². The highest BCUT2D eigenvalue weighted by Gasteiger charge is 2.26. The van der Waals surface area contributed by atoms with Crippen molar-refractivity contribution >= 4 is 5.91 Å². The molecule has 0 bridgehead atoms. The van der Waals surface area contributed by atoms with Crippen LogP contribution in [0, 0.1) is 11.8 Å². The summed E-state index contributed by atoms with van der Waals surface area (Å²) in [6.45, 7) is 3.78. The molecule has 0 radical (unpaired) electrons. The van der Waals surface area contributed by atoms with Crippen LogP contribution in [0.4, 0.5) is 0 Å². The van der Waals surface area contributed by atoms with Crippen LogP contribution in [0.1, 0.15) is 31.2 Å². The highest BCUT2D eigenvalue weighted by molar-refractivity contribution is 5.76. The van der Waals surface area contributed by atoms with E-state index < -0.39 is 0 Å². The van der Waals surface area contributed by atoms with Crippen LogP contribution >= 0.6 is 0 Å².